The van der Waals surface area contributed by atoms with Crippen molar-refractivity contribution in [2.45, 2.75) is 6.04 Å². The van der Waals surface area contributed by atoms with Crippen LogP contribution in [0.3, 0.4) is 0 Å². The minimum Gasteiger partial charge on any atom is -0.314 e. The molecular weight excluding hydrogens is 290 g/mol. The summed E-state index contributed by atoms with van der Waals surface area (Å²) in [4.78, 5) is 6.92. The molecule has 112 valence electrons. The van der Waals surface area contributed by atoms with Crippen LogP contribution in [0.15, 0.2) is 54.2 Å². The summed E-state index contributed by atoms with van der Waals surface area (Å²) in [6.45, 7) is 4.26. The average Bonchev–Trinajstić information content (AvgIpc) is 3.01. The second kappa shape index (κ2) is 6.16. The van der Waals surface area contributed by atoms with Gasteiger partial charge in [-0.2, -0.15) is 0 Å². The molecule has 3 heterocycles. The van der Waals surface area contributed by atoms with Crippen molar-refractivity contribution < 1.29 is 0 Å². The number of pyridine rings is 1. The van der Waals surface area contributed by atoms with Crippen LogP contribution in [0.25, 0.3) is 10.1 Å². The van der Waals surface area contributed by atoms with Gasteiger partial charge in [-0.25, -0.2) is 0 Å². The third kappa shape index (κ3) is 2.54. The van der Waals surface area contributed by atoms with E-state index in [1.807, 2.05) is 29.8 Å². The van der Waals surface area contributed by atoms with Gasteiger partial charge >= 0.3 is 0 Å². The monoisotopic (exact) mass is 309 g/mol. The number of hydrogen-bond acceptors (Lipinski definition) is 4. The van der Waals surface area contributed by atoms with Crippen molar-refractivity contribution in [2.24, 2.45) is 0 Å². The molecule has 3 aromatic rings. The van der Waals surface area contributed by atoms with Crippen molar-refractivity contribution in [2.75, 3.05) is 26.2 Å². The highest BCUT2D eigenvalue weighted by atomic mass is 32.1. The number of rotatable bonds is 3. The number of aromatic nitrogens is 1. The van der Waals surface area contributed by atoms with E-state index in [-0.39, 0.29) is 0 Å². The standard InChI is InChI=1S/C18H19N3S/c1-2-6-17-15(5-1)16(13-22-17)18(14-4-3-7-20-12-14)21-10-8-19-9-11-21/h1-7,12-13,18-19H,8-11H2. The van der Waals surface area contributed by atoms with Gasteiger partial charge in [0.1, 0.15) is 0 Å². The summed E-state index contributed by atoms with van der Waals surface area (Å²) in [5.74, 6) is 0. The SMILES string of the molecule is c1cncc(C(c2csc3ccccc23)N2CCNCC2)c1. The molecule has 1 saturated heterocycles. The van der Waals surface area contributed by atoms with Crippen LogP contribution in [0.4, 0.5) is 0 Å². The summed E-state index contributed by atoms with van der Waals surface area (Å²) < 4.78 is 1.36. The first-order chi connectivity index (χ1) is 10.9. The Morgan fingerprint density at radius 2 is 1.95 bits per heavy atom. The van der Waals surface area contributed by atoms with E-state index in [1.54, 1.807) is 0 Å². The molecule has 4 heteroatoms. The quantitative estimate of drug-likeness (QED) is 0.805. The molecule has 0 aliphatic carbocycles. The lowest BCUT2D eigenvalue weighted by molar-refractivity contribution is 0.199. The van der Waals surface area contributed by atoms with E-state index < -0.39 is 0 Å². The Morgan fingerprint density at radius 3 is 2.77 bits per heavy atom. The highest BCUT2D eigenvalue weighted by Crippen LogP contribution is 2.36. The van der Waals surface area contributed by atoms with Crippen molar-refractivity contribution in [1.82, 2.24) is 15.2 Å². The van der Waals surface area contributed by atoms with Gasteiger partial charge in [0.2, 0.25) is 0 Å². The fourth-order valence-corrected chi connectivity index (χ4v) is 4.26. The Bertz CT molecular complexity index is 747. The second-order valence-corrected chi connectivity index (χ2v) is 6.57. The van der Waals surface area contributed by atoms with Crippen LogP contribution in [0.2, 0.25) is 0 Å². The van der Waals surface area contributed by atoms with Crippen LogP contribution >= 0.6 is 11.3 Å². The molecule has 2 aromatic heterocycles. The first-order valence-corrected chi connectivity index (χ1v) is 8.62. The topological polar surface area (TPSA) is 28.2 Å². The maximum atomic E-state index is 4.35. The Hall–Kier alpha value is -1.75. The normalized spacial score (nSPS) is 17.6. The summed E-state index contributed by atoms with van der Waals surface area (Å²) in [6, 6.07) is 13.2. The molecule has 0 radical (unpaired) electrons. The lowest BCUT2D eigenvalue weighted by atomic mass is 9.97. The van der Waals surface area contributed by atoms with Crippen molar-refractivity contribution in [3.63, 3.8) is 0 Å². The molecule has 4 rings (SSSR count). The molecule has 1 unspecified atom stereocenters. The van der Waals surface area contributed by atoms with Gasteiger partial charge in [0.05, 0.1) is 6.04 Å². The molecule has 22 heavy (non-hydrogen) atoms. The first kappa shape index (κ1) is 13.9. The van der Waals surface area contributed by atoms with Crippen molar-refractivity contribution >= 4 is 21.4 Å². The van der Waals surface area contributed by atoms with Gasteiger partial charge in [0.25, 0.3) is 0 Å². The highest BCUT2D eigenvalue weighted by Gasteiger charge is 2.26. The fraction of sp³-hybridized carbons (Fsp3) is 0.278. The van der Waals surface area contributed by atoms with Gasteiger partial charge in [-0.15, -0.1) is 11.3 Å². The third-order valence-corrected chi connectivity index (χ3v) is 5.30. The molecule has 0 amide bonds. The number of thiophene rings is 1. The van der Waals surface area contributed by atoms with Gasteiger partial charge < -0.3 is 5.32 Å². The molecule has 1 aromatic carbocycles. The molecule has 0 bridgehead atoms. The minimum atomic E-state index is 0.298. The molecule has 1 aliphatic rings. The van der Waals surface area contributed by atoms with E-state index in [2.05, 4.69) is 50.9 Å². The van der Waals surface area contributed by atoms with Crippen molar-refractivity contribution in [3.05, 3.63) is 65.3 Å². The molecule has 1 aliphatic heterocycles. The number of nitrogens with zero attached hydrogens (tertiary/aromatic N) is 2. The number of hydrogen-bond donors (Lipinski definition) is 1. The summed E-state index contributed by atoms with van der Waals surface area (Å²) in [7, 11) is 0. The second-order valence-electron chi connectivity index (χ2n) is 5.66. The molecule has 1 atom stereocenters. The van der Waals surface area contributed by atoms with Crippen LogP contribution in [0, 0.1) is 0 Å². The average molecular weight is 309 g/mol. The van der Waals surface area contributed by atoms with E-state index in [0.29, 0.717) is 6.04 Å². The molecule has 3 nitrogen and oxygen atoms in total. The van der Waals surface area contributed by atoms with Crippen molar-refractivity contribution in [3.8, 4) is 0 Å². The van der Waals surface area contributed by atoms with Gasteiger partial charge in [0, 0.05) is 43.3 Å². The first-order valence-electron chi connectivity index (χ1n) is 7.74. The molecule has 1 fully saturated rings. The number of benzene rings is 1. The molecule has 0 spiro atoms. The lowest BCUT2D eigenvalue weighted by Crippen LogP contribution is -2.45. The van der Waals surface area contributed by atoms with Gasteiger partial charge in [-0.3, -0.25) is 9.88 Å². The Labute approximate surface area is 134 Å². The van der Waals surface area contributed by atoms with E-state index in [9.17, 15) is 0 Å². The molecule has 1 N–H and O–H groups in total. The zero-order chi connectivity index (χ0) is 14.8. The van der Waals surface area contributed by atoms with Crippen LogP contribution in [0.1, 0.15) is 17.2 Å². The predicted octanol–water partition coefficient (Wildman–Crippen LogP) is 3.29. The Kier molecular flexibility index (Phi) is 3.89. The smallest absolute Gasteiger partial charge is 0.0632 e. The largest absolute Gasteiger partial charge is 0.314 e. The maximum absolute atomic E-state index is 4.35. The van der Waals surface area contributed by atoms with Crippen LogP contribution < -0.4 is 5.32 Å². The highest BCUT2D eigenvalue weighted by molar-refractivity contribution is 7.17. The van der Waals surface area contributed by atoms with E-state index in [1.165, 1.54) is 21.2 Å². The molecular formula is C18H19N3S. The van der Waals surface area contributed by atoms with Crippen molar-refractivity contribution in [1.29, 1.82) is 0 Å². The predicted molar refractivity (Wildman–Crippen MR) is 92.3 cm³/mol. The van der Waals surface area contributed by atoms with E-state index in [4.69, 9.17) is 0 Å². The minimum absolute atomic E-state index is 0.298. The summed E-state index contributed by atoms with van der Waals surface area (Å²) in [6.07, 6.45) is 3.86. The van der Waals surface area contributed by atoms with Gasteiger partial charge in [-0.1, -0.05) is 24.3 Å². The zero-order valence-corrected chi connectivity index (χ0v) is 13.2. The Morgan fingerprint density at radius 1 is 1.09 bits per heavy atom. The lowest BCUT2D eigenvalue weighted by Gasteiger charge is -2.35. The van der Waals surface area contributed by atoms with Gasteiger partial charge in [0.15, 0.2) is 0 Å². The van der Waals surface area contributed by atoms with Gasteiger partial charge in [-0.05, 0) is 34.0 Å². The third-order valence-electron chi connectivity index (χ3n) is 4.32. The summed E-state index contributed by atoms with van der Waals surface area (Å²) >= 11 is 1.84. The van der Waals surface area contributed by atoms with Crippen LogP contribution in [-0.2, 0) is 0 Å². The molecule has 0 saturated carbocycles. The van der Waals surface area contributed by atoms with E-state index in [0.717, 1.165) is 26.2 Å². The maximum Gasteiger partial charge on any atom is 0.0632 e. The van der Waals surface area contributed by atoms with Crippen LogP contribution in [-0.4, -0.2) is 36.1 Å². The number of fused-ring (bicyclic) bond motifs is 1. The summed E-state index contributed by atoms with van der Waals surface area (Å²) in [5.41, 5.74) is 2.70. The Balaban J connectivity index is 1.83. The fourth-order valence-electron chi connectivity index (χ4n) is 3.28. The van der Waals surface area contributed by atoms with Crippen LogP contribution in [0.5, 0.6) is 0 Å². The van der Waals surface area contributed by atoms with E-state index >= 15 is 0 Å². The summed E-state index contributed by atoms with van der Waals surface area (Å²) in [5, 5.41) is 7.15. The number of piperazine rings is 1. The zero-order valence-electron chi connectivity index (χ0n) is 12.4. The number of nitrogens with one attached hydrogen (secondary N) is 1.